The first kappa shape index (κ1) is 25.0. The lowest BCUT2D eigenvalue weighted by Gasteiger charge is -2.37. The lowest BCUT2D eigenvalue weighted by molar-refractivity contribution is -0.131. The van der Waals surface area contributed by atoms with E-state index in [1.807, 2.05) is 23.1 Å². The molecule has 2 N–H and O–H groups in total. The highest BCUT2D eigenvalue weighted by molar-refractivity contribution is 5.85. The van der Waals surface area contributed by atoms with Crippen molar-refractivity contribution in [2.75, 3.05) is 60.0 Å². The Hall–Kier alpha value is -2.05. The number of carbonyl (C=O) groups excluding carboxylic acids is 1. The molecular weight excluding hydrogens is 396 g/mol. The van der Waals surface area contributed by atoms with E-state index in [1.54, 1.807) is 14.2 Å². The molecular formula is C20H31ClN4O4. The number of nitriles is 1. The Kier molecular flexibility index (Phi) is 10.2. The number of benzene rings is 1. The first-order valence-electron chi connectivity index (χ1n) is 9.52. The molecule has 2 fully saturated rings. The molecule has 1 aromatic carbocycles. The number of methoxy groups -OCH3 is 2. The molecule has 8 nitrogen and oxygen atoms in total. The van der Waals surface area contributed by atoms with Gasteiger partial charge in [0, 0.05) is 39.3 Å². The highest BCUT2D eigenvalue weighted by Crippen LogP contribution is 2.32. The highest BCUT2D eigenvalue weighted by Gasteiger charge is 2.28. The molecule has 1 amide bonds. The minimum Gasteiger partial charge on any atom is -0.493 e. The number of ether oxygens (including phenoxy) is 2. The lowest BCUT2D eigenvalue weighted by Crippen LogP contribution is -2.50. The summed E-state index contributed by atoms with van der Waals surface area (Å²) in [4.78, 5) is 18.7. The monoisotopic (exact) mass is 426 g/mol. The molecule has 0 aromatic heterocycles. The largest absolute Gasteiger partial charge is 0.493 e. The third-order valence-corrected chi connectivity index (χ3v) is 5.44. The molecule has 0 bridgehead atoms. The van der Waals surface area contributed by atoms with Gasteiger partial charge in [-0.1, -0.05) is 6.07 Å². The van der Waals surface area contributed by atoms with Crippen LogP contribution in [-0.2, 0) is 4.79 Å². The molecule has 0 spiro atoms. The van der Waals surface area contributed by atoms with Gasteiger partial charge in [0.2, 0.25) is 5.91 Å². The molecule has 29 heavy (non-hydrogen) atoms. The molecule has 1 unspecified atom stereocenters. The van der Waals surface area contributed by atoms with Crippen molar-refractivity contribution in [2.24, 2.45) is 0 Å². The Labute approximate surface area is 178 Å². The third-order valence-electron chi connectivity index (χ3n) is 5.44. The van der Waals surface area contributed by atoms with Crippen LogP contribution in [0.2, 0.25) is 0 Å². The lowest BCUT2D eigenvalue weighted by atomic mass is 10.0. The van der Waals surface area contributed by atoms with Crippen LogP contribution >= 0.6 is 12.4 Å². The first-order chi connectivity index (χ1) is 13.2. The number of carbonyl (C=O) groups is 1. The Morgan fingerprint density at radius 2 is 1.69 bits per heavy atom. The van der Waals surface area contributed by atoms with Crippen LogP contribution in [0, 0.1) is 11.3 Å². The Bertz CT molecular complexity index is 698. The van der Waals surface area contributed by atoms with Crippen LogP contribution in [0.1, 0.15) is 24.4 Å². The van der Waals surface area contributed by atoms with Crippen molar-refractivity contribution in [3.05, 3.63) is 23.8 Å². The van der Waals surface area contributed by atoms with Crippen molar-refractivity contribution in [2.45, 2.75) is 18.9 Å². The van der Waals surface area contributed by atoms with Crippen LogP contribution in [-0.4, -0.2) is 86.1 Å². The predicted octanol–water partition coefficient (Wildman–Crippen LogP) is 1.11. The van der Waals surface area contributed by atoms with E-state index >= 15 is 0 Å². The number of nitrogens with zero attached hydrogens (tertiary/aromatic N) is 4. The quantitative estimate of drug-likeness (QED) is 0.675. The molecule has 2 aliphatic rings. The summed E-state index contributed by atoms with van der Waals surface area (Å²) in [7, 11) is 3.20. The van der Waals surface area contributed by atoms with Gasteiger partial charge >= 0.3 is 0 Å². The molecule has 1 aromatic rings. The number of halogens is 1. The van der Waals surface area contributed by atoms with Gasteiger partial charge in [0.15, 0.2) is 11.5 Å². The summed E-state index contributed by atoms with van der Waals surface area (Å²) in [5.74, 6) is 1.52. The molecule has 1 atom stereocenters. The fourth-order valence-electron chi connectivity index (χ4n) is 3.83. The molecule has 2 saturated heterocycles. The van der Waals surface area contributed by atoms with Crippen molar-refractivity contribution in [1.29, 1.82) is 5.26 Å². The van der Waals surface area contributed by atoms with Crippen LogP contribution < -0.4 is 9.47 Å². The number of piperazine rings is 1. The van der Waals surface area contributed by atoms with Gasteiger partial charge in [-0.05, 0) is 30.5 Å². The second-order valence-corrected chi connectivity index (χ2v) is 7.05. The summed E-state index contributed by atoms with van der Waals surface area (Å²) >= 11 is 0. The second kappa shape index (κ2) is 11.8. The summed E-state index contributed by atoms with van der Waals surface area (Å²) < 4.78 is 10.6. The van der Waals surface area contributed by atoms with Crippen molar-refractivity contribution in [1.82, 2.24) is 14.7 Å². The predicted molar refractivity (Wildman–Crippen MR) is 113 cm³/mol. The third kappa shape index (κ3) is 5.97. The first-order valence-corrected chi connectivity index (χ1v) is 9.52. The number of hydrogen-bond acceptors (Lipinski definition) is 6. The summed E-state index contributed by atoms with van der Waals surface area (Å²) in [6.07, 6.45) is 2.24. The normalized spacial score (nSPS) is 18.2. The summed E-state index contributed by atoms with van der Waals surface area (Å²) in [5.41, 5.74) is 0.900. The van der Waals surface area contributed by atoms with E-state index in [2.05, 4.69) is 15.9 Å². The molecule has 0 aliphatic carbocycles. The van der Waals surface area contributed by atoms with Crippen LogP contribution in [0.15, 0.2) is 18.2 Å². The van der Waals surface area contributed by atoms with Crippen molar-refractivity contribution in [3.8, 4) is 17.6 Å². The van der Waals surface area contributed by atoms with Crippen molar-refractivity contribution < 1.29 is 19.7 Å². The van der Waals surface area contributed by atoms with Gasteiger partial charge < -0.3 is 19.8 Å². The molecule has 3 rings (SSSR count). The van der Waals surface area contributed by atoms with E-state index in [0.29, 0.717) is 18.0 Å². The van der Waals surface area contributed by atoms with E-state index in [0.717, 1.165) is 57.7 Å². The van der Waals surface area contributed by atoms with E-state index in [9.17, 15) is 10.1 Å². The Morgan fingerprint density at radius 3 is 2.24 bits per heavy atom. The fourth-order valence-corrected chi connectivity index (χ4v) is 3.83. The maximum absolute atomic E-state index is 12.3. The summed E-state index contributed by atoms with van der Waals surface area (Å²) in [6.45, 7) is 5.40. The number of amides is 1. The number of rotatable bonds is 6. The smallest absolute Gasteiger partial charge is 0.236 e. The summed E-state index contributed by atoms with van der Waals surface area (Å²) in [5, 5.41) is 9.74. The Balaban J connectivity index is 0.00000210. The average Bonchev–Trinajstić information content (AvgIpc) is 3.24. The standard InChI is InChI=1S/C20H28N4O3.ClH.H2O/c1-26-18-6-5-16(13-19(18)27-2)17(14-21)23-11-9-22(10-12-23)15-20(25)24-7-3-4-8-24;;/h5-6,13,17H,3-4,7-12,15H2,1-2H3;1H;1H2. The average molecular weight is 427 g/mol. The topological polar surface area (TPSA) is 101 Å². The number of likely N-dealkylation sites (tertiary alicyclic amines) is 1. The van der Waals surface area contributed by atoms with Gasteiger partial charge in [0.05, 0.1) is 26.8 Å². The van der Waals surface area contributed by atoms with Gasteiger partial charge in [-0.3, -0.25) is 14.6 Å². The van der Waals surface area contributed by atoms with Crippen molar-refractivity contribution in [3.63, 3.8) is 0 Å². The maximum Gasteiger partial charge on any atom is 0.236 e. The minimum absolute atomic E-state index is 0. The molecule has 0 saturated carbocycles. The fraction of sp³-hybridized carbons (Fsp3) is 0.600. The van der Waals surface area contributed by atoms with Crippen LogP contribution in [0.25, 0.3) is 0 Å². The molecule has 0 radical (unpaired) electrons. The van der Waals surface area contributed by atoms with Crippen LogP contribution in [0.5, 0.6) is 11.5 Å². The zero-order chi connectivity index (χ0) is 19.2. The van der Waals surface area contributed by atoms with Gasteiger partial charge in [-0.25, -0.2) is 0 Å². The van der Waals surface area contributed by atoms with Gasteiger partial charge in [-0.2, -0.15) is 5.26 Å². The number of hydrogen-bond donors (Lipinski definition) is 0. The maximum atomic E-state index is 12.3. The Morgan fingerprint density at radius 1 is 1.07 bits per heavy atom. The SMILES string of the molecule is COc1ccc(C(C#N)N2CCN(CC(=O)N3CCCC3)CC2)cc1OC.Cl.O. The van der Waals surface area contributed by atoms with E-state index in [4.69, 9.17) is 9.47 Å². The van der Waals surface area contributed by atoms with Crippen molar-refractivity contribution >= 4 is 18.3 Å². The van der Waals surface area contributed by atoms with E-state index in [1.165, 1.54) is 0 Å². The van der Waals surface area contributed by atoms with E-state index < -0.39 is 0 Å². The zero-order valence-electron chi connectivity index (χ0n) is 17.1. The second-order valence-electron chi connectivity index (χ2n) is 7.05. The van der Waals surface area contributed by atoms with Gasteiger partial charge in [-0.15, -0.1) is 12.4 Å². The summed E-state index contributed by atoms with van der Waals surface area (Å²) in [6, 6.07) is 7.70. The van der Waals surface area contributed by atoms with Gasteiger partial charge in [0.1, 0.15) is 6.04 Å². The minimum atomic E-state index is -0.332. The van der Waals surface area contributed by atoms with Crippen LogP contribution in [0.4, 0.5) is 0 Å². The van der Waals surface area contributed by atoms with Gasteiger partial charge in [0.25, 0.3) is 0 Å². The highest BCUT2D eigenvalue weighted by atomic mass is 35.5. The molecule has 9 heteroatoms. The van der Waals surface area contributed by atoms with E-state index in [-0.39, 0.29) is 29.8 Å². The van der Waals surface area contributed by atoms with Crippen LogP contribution in [0.3, 0.4) is 0 Å². The molecule has 2 heterocycles. The molecule has 162 valence electrons. The zero-order valence-corrected chi connectivity index (χ0v) is 17.9. The molecule has 2 aliphatic heterocycles.